The van der Waals surface area contributed by atoms with Gasteiger partial charge >= 0.3 is 0 Å². The third-order valence-corrected chi connectivity index (χ3v) is 5.13. The standard InChI is InChI=1S/C19H18N4O2S/c1-25-14-10-8-13(9-11-14)20-16-5-3-2-4-15(16)17(24)21-19-23-22-18(26-19)12-6-7-12/h2-5,8-12,20H,6-7H2,1H3,(H,21,23,24). The second-order valence-corrected chi connectivity index (χ2v) is 7.08. The molecule has 1 amide bonds. The number of hydrogen-bond donors (Lipinski definition) is 2. The fraction of sp³-hybridized carbons (Fsp3) is 0.211. The van der Waals surface area contributed by atoms with Crippen LogP contribution in [0.15, 0.2) is 48.5 Å². The zero-order valence-corrected chi connectivity index (χ0v) is 15.0. The largest absolute Gasteiger partial charge is 0.497 e. The number of aromatic nitrogens is 2. The quantitative estimate of drug-likeness (QED) is 0.675. The second kappa shape index (κ2) is 7.13. The van der Waals surface area contributed by atoms with E-state index >= 15 is 0 Å². The Morgan fingerprint density at radius 1 is 1.12 bits per heavy atom. The van der Waals surface area contributed by atoms with Gasteiger partial charge in [0.25, 0.3) is 5.91 Å². The number of rotatable bonds is 6. The highest BCUT2D eigenvalue weighted by molar-refractivity contribution is 7.15. The first-order chi connectivity index (χ1) is 12.7. The Kier molecular flexibility index (Phi) is 4.53. The summed E-state index contributed by atoms with van der Waals surface area (Å²) in [5, 5.41) is 15.9. The molecule has 1 heterocycles. The van der Waals surface area contributed by atoms with Gasteiger partial charge in [-0.25, -0.2) is 0 Å². The maximum Gasteiger partial charge on any atom is 0.259 e. The highest BCUT2D eigenvalue weighted by Crippen LogP contribution is 2.42. The summed E-state index contributed by atoms with van der Waals surface area (Å²) >= 11 is 1.45. The van der Waals surface area contributed by atoms with Crippen molar-refractivity contribution in [2.75, 3.05) is 17.7 Å². The second-order valence-electron chi connectivity index (χ2n) is 6.07. The zero-order chi connectivity index (χ0) is 17.9. The molecule has 0 radical (unpaired) electrons. The number of hydrogen-bond acceptors (Lipinski definition) is 6. The van der Waals surface area contributed by atoms with Gasteiger partial charge in [0, 0.05) is 11.6 Å². The number of para-hydroxylation sites is 1. The molecule has 7 heteroatoms. The minimum Gasteiger partial charge on any atom is -0.497 e. The minimum atomic E-state index is -0.208. The van der Waals surface area contributed by atoms with Crippen molar-refractivity contribution in [2.24, 2.45) is 0 Å². The van der Waals surface area contributed by atoms with Gasteiger partial charge in [-0.1, -0.05) is 23.5 Å². The van der Waals surface area contributed by atoms with Crippen molar-refractivity contribution < 1.29 is 9.53 Å². The maximum absolute atomic E-state index is 12.7. The van der Waals surface area contributed by atoms with Crippen LogP contribution in [0.1, 0.15) is 34.1 Å². The van der Waals surface area contributed by atoms with Crippen LogP contribution in [0.3, 0.4) is 0 Å². The topological polar surface area (TPSA) is 76.1 Å². The fourth-order valence-corrected chi connectivity index (χ4v) is 3.47. The Morgan fingerprint density at radius 3 is 2.62 bits per heavy atom. The predicted octanol–water partition coefficient (Wildman–Crippen LogP) is 4.42. The minimum absolute atomic E-state index is 0.208. The van der Waals surface area contributed by atoms with Crippen molar-refractivity contribution in [1.29, 1.82) is 0 Å². The summed E-state index contributed by atoms with van der Waals surface area (Å²) < 4.78 is 5.17. The van der Waals surface area contributed by atoms with Gasteiger partial charge in [0.15, 0.2) is 0 Å². The van der Waals surface area contributed by atoms with E-state index in [1.807, 2.05) is 42.5 Å². The van der Waals surface area contributed by atoms with Gasteiger partial charge < -0.3 is 10.1 Å². The SMILES string of the molecule is COc1ccc(Nc2ccccc2C(=O)Nc2nnc(C3CC3)s2)cc1. The Balaban J connectivity index is 1.50. The van der Waals surface area contributed by atoms with Gasteiger partial charge in [0.05, 0.1) is 18.4 Å². The average Bonchev–Trinajstić information content (AvgIpc) is 3.42. The summed E-state index contributed by atoms with van der Waals surface area (Å²) in [6.07, 6.45) is 2.33. The van der Waals surface area contributed by atoms with Crippen molar-refractivity contribution in [3.8, 4) is 5.75 Å². The van der Waals surface area contributed by atoms with Crippen LogP contribution in [0, 0.1) is 0 Å². The van der Waals surface area contributed by atoms with Gasteiger partial charge in [0.1, 0.15) is 10.8 Å². The number of carbonyl (C=O) groups is 1. The molecule has 1 saturated carbocycles. The Hall–Kier alpha value is -2.93. The Labute approximate surface area is 155 Å². The lowest BCUT2D eigenvalue weighted by Gasteiger charge is -2.11. The molecule has 2 N–H and O–H groups in total. The number of anilines is 3. The Morgan fingerprint density at radius 2 is 1.88 bits per heavy atom. The number of carbonyl (C=O) groups excluding carboxylic acids is 1. The summed E-state index contributed by atoms with van der Waals surface area (Å²) in [5.41, 5.74) is 2.14. The summed E-state index contributed by atoms with van der Waals surface area (Å²) in [5.74, 6) is 1.10. The van der Waals surface area contributed by atoms with E-state index in [4.69, 9.17) is 4.74 Å². The van der Waals surface area contributed by atoms with E-state index in [2.05, 4.69) is 20.8 Å². The highest BCUT2D eigenvalue weighted by atomic mass is 32.1. The van der Waals surface area contributed by atoms with Crippen LogP contribution in [0.4, 0.5) is 16.5 Å². The summed E-state index contributed by atoms with van der Waals surface area (Å²) in [6.45, 7) is 0. The van der Waals surface area contributed by atoms with Gasteiger partial charge in [-0.15, -0.1) is 10.2 Å². The highest BCUT2D eigenvalue weighted by Gasteiger charge is 2.27. The molecule has 1 aromatic heterocycles. The zero-order valence-electron chi connectivity index (χ0n) is 14.2. The number of benzene rings is 2. The molecule has 6 nitrogen and oxygen atoms in total. The molecule has 132 valence electrons. The summed E-state index contributed by atoms with van der Waals surface area (Å²) in [6, 6.07) is 14.9. The fourth-order valence-electron chi connectivity index (χ4n) is 2.56. The lowest BCUT2D eigenvalue weighted by molar-refractivity contribution is 0.102. The molecule has 0 bridgehead atoms. The molecule has 0 aliphatic heterocycles. The molecular formula is C19H18N4O2S. The molecule has 0 unspecified atom stereocenters. The molecule has 0 spiro atoms. The molecule has 2 aromatic carbocycles. The molecule has 1 fully saturated rings. The van der Waals surface area contributed by atoms with Gasteiger partial charge in [-0.2, -0.15) is 0 Å². The van der Waals surface area contributed by atoms with E-state index in [9.17, 15) is 4.79 Å². The lowest BCUT2D eigenvalue weighted by atomic mass is 10.1. The summed E-state index contributed by atoms with van der Waals surface area (Å²) in [4.78, 5) is 12.7. The predicted molar refractivity (Wildman–Crippen MR) is 103 cm³/mol. The van der Waals surface area contributed by atoms with E-state index in [1.54, 1.807) is 13.2 Å². The van der Waals surface area contributed by atoms with Crippen LogP contribution in [0.2, 0.25) is 0 Å². The van der Waals surface area contributed by atoms with Crippen LogP contribution in [0.5, 0.6) is 5.75 Å². The number of nitrogens with zero attached hydrogens (tertiary/aromatic N) is 2. The molecule has 1 aliphatic rings. The monoisotopic (exact) mass is 366 g/mol. The van der Waals surface area contributed by atoms with Crippen LogP contribution in [0.25, 0.3) is 0 Å². The molecule has 4 rings (SSSR count). The number of methoxy groups -OCH3 is 1. The molecule has 0 saturated heterocycles. The van der Waals surface area contributed by atoms with E-state index in [0.29, 0.717) is 16.6 Å². The van der Waals surface area contributed by atoms with E-state index < -0.39 is 0 Å². The average molecular weight is 366 g/mol. The molecule has 3 aromatic rings. The first-order valence-corrected chi connectivity index (χ1v) is 9.19. The molecule has 26 heavy (non-hydrogen) atoms. The summed E-state index contributed by atoms with van der Waals surface area (Å²) in [7, 11) is 1.63. The molecule has 1 aliphatic carbocycles. The number of amides is 1. The van der Waals surface area contributed by atoms with Crippen molar-refractivity contribution in [1.82, 2.24) is 10.2 Å². The van der Waals surface area contributed by atoms with Crippen LogP contribution < -0.4 is 15.4 Å². The van der Waals surface area contributed by atoms with Crippen LogP contribution in [-0.4, -0.2) is 23.2 Å². The normalized spacial score (nSPS) is 13.3. The van der Waals surface area contributed by atoms with Crippen molar-refractivity contribution in [3.63, 3.8) is 0 Å². The van der Waals surface area contributed by atoms with Crippen LogP contribution >= 0.6 is 11.3 Å². The van der Waals surface area contributed by atoms with Gasteiger partial charge in [-0.3, -0.25) is 10.1 Å². The number of nitrogens with one attached hydrogen (secondary N) is 2. The van der Waals surface area contributed by atoms with Crippen molar-refractivity contribution in [3.05, 3.63) is 59.1 Å². The maximum atomic E-state index is 12.7. The van der Waals surface area contributed by atoms with Crippen LogP contribution in [-0.2, 0) is 0 Å². The van der Waals surface area contributed by atoms with E-state index in [-0.39, 0.29) is 5.91 Å². The molecular weight excluding hydrogens is 348 g/mol. The van der Waals surface area contributed by atoms with E-state index in [1.165, 1.54) is 11.3 Å². The first kappa shape index (κ1) is 16.5. The molecule has 0 atom stereocenters. The Bertz CT molecular complexity index is 919. The third-order valence-electron chi connectivity index (χ3n) is 4.13. The van der Waals surface area contributed by atoms with Crippen molar-refractivity contribution in [2.45, 2.75) is 18.8 Å². The smallest absolute Gasteiger partial charge is 0.259 e. The van der Waals surface area contributed by atoms with E-state index in [0.717, 1.165) is 35.0 Å². The van der Waals surface area contributed by atoms with Crippen molar-refractivity contribution >= 4 is 33.8 Å². The third kappa shape index (κ3) is 3.67. The lowest BCUT2D eigenvalue weighted by Crippen LogP contribution is -2.13. The number of ether oxygens (including phenoxy) is 1. The first-order valence-electron chi connectivity index (χ1n) is 8.38. The van der Waals surface area contributed by atoms with Gasteiger partial charge in [-0.05, 0) is 49.2 Å². The van der Waals surface area contributed by atoms with Gasteiger partial charge in [0.2, 0.25) is 5.13 Å².